The Morgan fingerprint density at radius 2 is 1.89 bits per heavy atom. The van der Waals surface area contributed by atoms with Crippen LogP contribution in [0.5, 0.6) is 0 Å². The summed E-state index contributed by atoms with van der Waals surface area (Å²) in [6, 6.07) is 0. The summed E-state index contributed by atoms with van der Waals surface area (Å²) in [5.41, 5.74) is 0. The molecule has 1 aliphatic carbocycles. The Bertz CT molecular complexity index is 425. The Morgan fingerprint density at radius 3 is 2.53 bits per heavy atom. The number of allylic oxidation sites excluding steroid dienone is 3. The fourth-order valence-corrected chi connectivity index (χ4v) is 3.36. The van der Waals surface area contributed by atoms with E-state index in [1.165, 1.54) is 0 Å². The van der Waals surface area contributed by atoms with Gasteiger partial charge >= 0.3 is 0 Å². The normalized spacial score (nSPS) is 26.8. The summed E-state index contributed by atoms with van der Waals surface area (Å²) in [7, 11) is -3.61. The van der Waals surface area contributed by atoms with Crippen LogP contribution in [0.25, 0.3) is 0 Å². The first kappa shape index (κ1) is 16.4. The molecule has 0 saturated heterocycles. The summed E-state index contributed by atoms with van der Waals surface area (Å²) in [4.78, 5) is 0. The van der Waals surface area contributed by atoms with Crippen LogP contribution in [0, 0.1) is 5.92 Å². The van der Waals surface area contributed by atoms with Crippen molar-refractivity contribution in [1.29, 1.82) is 0 Å². The van der Waals surface area contributed by atoms with Crippen LogP contribution >= 0.6 is 0 Å². The van der Waals surface area contributed by atoms with E-state index in [4.69, 9.17) is 9.29 Å². The Labute approximate surface area is 116 Å². The fraction of sp³-hybridized carbons (Fsp3) is 0.714. The van der Waals surface area contributed by atoms with E-state index >= 15 is 0 Å². The Kier molecular flexibility index (Phi) is 6.23. The second-order valence-electron chi connectivity index (χ2n) is 5.13. The molecule has 0 amide bonds. The number of unbranched alkanes of at least 4 members (excludes halogenated alkanes) is 3. The van der Waals surface area contributed by atoms with Gasteiger partial charge in [0.05, 0.1) is 6.61 Å². The van der Waals surface area contributed by atoms with Crippen molar-refractivity contribution in [2.75, 3.05) is 13.2 Å². The van der Waals surface area contributed by atoms with Crippen LogP contribution in [0.2, 0.25) is 0 Å². The Balaban J connectivity index is 2.48. The summed E-state index contributed by atoms with van der Waals surface area (Å²) >= 11 is 0. The van der Waals surface area contributed by atoms with Gasteiger partial charge in [-0.25, -0.2) is 0 Å². The van der Waals surface area contributed by atoms with Crippen molar-refractivity contribution in [2.45, 2.75) is 44.3 Å². The zero-order valence-corrected chi connectivity index (χ0v) is 12.5. The van der Waals surface area contributed by atoms with Crippen molar-refractivity contribution in [2.24, 2.45) is 5.92 Å². The minimum absolute atomic E-state index is 0.100. The van der Waals surface area contributed by atoms with Gasteiger partial charge in [0.1, 0.15) is 4.75 Å². The van der Waals surface area contributed by atoms with Crippen LogP contribution in [0.1, 0.15) is 39.5 Å². The van der Waals surface area contributed by atoms with Crippen molar-refractivity contribution in [3.05, 3.63) is 24.3 Å². The molecule has 19 heavy (non-hydrogen) atoms. The monoisotopic (exact) mass is 288 g/mol. The molecule has 0 fully saturated rings. The van der Waals surface area contributed by atoms with E-state index in [9.17, 15) is 8.42 Å². The Morgan fingerprint density at radius 1 is 1.21 bits per heavy atom. The molecule has 0 aliphatic heterocycles. The zero-order chi connectivity index (χ0) is 14.4. The lowest BCUT2D eigenvalue weighted by Crippen LogP contribution is -2.41. The van der Waals surface area contributed by atoms with Crippen LogP contribution in [-0.2, 0) is 14.3 Å². The predicted molar refractivity (Wildman–Crippen MR) is 76.3 cm³/mol. The molecule has 0 bridgehead atoms. The highest BCUT2D eigenvalue weighted by Crippen LogP contribution is 2.33. The minimum atomic E-state index is -3.61. The lowest BCUT2D eigenvalue weighted by molar-refractivity contribution is 0.270. The smallest absolute Gasteiger partial charge is 0.277 e. The molecular weight excluding hydrogens is 264 g/mol. The molecule has 110 valence electrons. The zero-order valence-electron chi connectivity index (χ0n) is 11.7. The largest absolute Gasteiger partial charge is 0.396 e. The predicted octanol–water partition coefficient (Wildman–Crippen LogP) is 2.41. The van der Waals surface area contributed by atoms with Gasteiger partial charge < -0.3 is 5.11 Å². The average molecular weight is 288 g/mol. The van der Waals surface area contributed by atoms with Crippen LogP contribution in [0.15, 0.2) is 24.3 Å². The summed E-state index contributed by atoms with van der Waals surface area (Å²) in [5.74, 6) is -0.100. The van der Waals surface area contributed by atoms with E-state index in [-0.39, 0.29) is 19.1 Å². The molecule has 0 spiro atoms. The topological polar surface area (TPSA) is 63.6 Å². The first-order valence-electron chi connectivity index (χ1n) is 6.80. The highest BCUT2D eigenvalue weighted by molar-refractivity contribution is 7.88. The third-order valence-electron chi connectivity index (χ3n) is 3.67. The first-order chi connectivity index (χ1) is 8.94. The number of hydrogen-bond donors (Lipinski definition) is 1. The number of rotatable bonds is 8. The fourth-order valence-electron chi connectivity index (χ4n) is 1.99. The molecule has 0 aromatic rings. The van der Waals surface area contributed by atoms with Crippen LogP contribution in [-0.4, -0.2) is 31.5 Å². The van der Waals surface area contributed by atoms with Crippen LogP contribution in [0.3, 0.4) is 0 Å². The highest BCUT2D eigenvalue weighted by atomic mass is 32.2. The molecule has 5 heteroatoms. The van der Waals surface area contributed by atoms with E-state index in [0.717, 1.165) is 19.3 Å². The van der Waals surface area contributed by atoms with Gasteiger partial charge in [-0.15, -0.1) is 0 Å². The first-order valence-corrected chi connectivity index (χ1v) is 8.21. The van der Waals surface area contributed by atoms with E-state index in [1.54, 1.807) is 19.1 Å². The molecule has 2 atom stereocenters. The van der Waals surface area contributed by atoms with Crippen molar-refractivity contribution in [1.82, 2.24) is 0 Å². The number of aliphatic hydroxyl groups excluding tert-OH is 1. The molecule has 0 heterocycles. The van der Waals surface area contributed by atoms with Gasteiger partial charge in [-0.05, 0) is 25.7 Å². The number of aliphatic hydroxyl groups is 1. The van der Waals surface area contributed by atoms with Crippen molar-refractivity contribution >= 4 is 10.1 Å². The molecule has 0 radical (unpaired) electrons. The minimum Gasteiger partial charge on any atom is -0.396 e. The van der Waals surface area contributed by atoms with E-state index in [1.807, 2.05) is 19.1 Å². The maximum atomic E-state index is 12.3. The molecule has 1 N–H and O–H groups in total. The third kappa shape index (κ3) is 4.16. The molecule has 1 rings (SSSR count). The highest BCUT2D eigenvalue weighted by Gasteiger charge is 2.42. The van der Waals surface area contributed by atoms with Gasteiger partial charge in [-0.3, -0.25) is 4.18 Å². The molecule has 1 aliphatic rings. The Hall–Kier alpha value is -0.650. The van der Waals surface area contributed by atoms with Crippen molar-refractivity contribution < 1.29 is 17.7 Å². The third-order valence-corrected chi connectivity index (χ3v) is 5.73. The van der Waals surface area contributed by atoms with Gasteiger partial charge in [0.25, 0.3) is 10.1 Å². The van der Waals surface area contributed by atoms with Gasteiger partial charge in [0.15, 0.2) is 0 Å². The van der Waals surface area contributed by atoms with E-state index in [0.29, 0.717) is 6.42 Å². The number of hydrogen-bond acceptors (Lipinski definition) is 4. The van der Waals surface area contributed by atoms with E-state index < -0.39 is 14.9 Å². The lowest BCUT2D eigenvalue weighted by Gasteiger charge is -2.31. The molecule has 4 nitrogen and oxygen atoms in total. The summed E-state index contributed by atoms with van der Waals surface area (Å²) < 4.78 is 28.7. The second kappa shape index (κ2) is 7.22. The van der Waals surface area contributed by atoms with Crippen LogP contribution in [0.4, 0.5) is 0 Å². The van der Waals surface area contributed by atoms with Crippen molar-refractivity contribution in [3.8, 4) is 0 Å². The summed E-state index contributed by atoms with van der Waals surface area (Å²) in [6.07, 6.45) is 10.4. The van der Waals surface area contributed by atoms with Gasteiger partial charge in [0, 0.05) is 6.61 Å². The quantitative estimate of drug-likeness (QED) is 0.550. The summed E-state index contributed by atoms with van der Waals surface area (Å²) in [6.45, 7) is 3.97. The molecule has 0 saturated carbocycles. The molecule has 0 aromatic heterocycles. The van der Waals surface area contributed by atoms with Crippen LogP contribution < -0.4 is 0 Å². The molecule has 2 unspecified atom stereocenters. The van der Waals surface area contributed by atoms with E-state index in [2.05, 4.69) is 0 Å². The second-order valence-corrected chi connectivity index (χ2v) is 7.15. The lowest BCUT2D eigenvalue weighted by atomic mass is 9.91. The maximum absolute atomic E-state index is 12.3. The SMILES string of the molecule is CC1C=CC=CC1(C)S(=O)(=O)OCCCCCCO. The maximum Gasteiger partial charge on any atom is 0.277 e. The standard InChI is InChI=1S/C14H24O4S/c1-13-9-5-6-10-14(13,2)19(16,17)18-12-8-4-3-7-11-15/h5-6,9-10,13,15H,3-4,7-8,11-12H2,1-2H3. The van der Waals surface area contributed by atoms with Gasteiger partial charge in [0.2, 0.25) is 0 Å². The molecule has 0 aromatic carbocycles. The average Bonchev–Trinajstić information content (AvgIpc) is 2.37. The van der Waals surface area contributed by atoms with Gasteiger partial charge in [-0.2, -0.15) is 8.42 Å². The summed E-state index contributed by atoms with van der Waals surface area (Å²) in [5, 5.41) is 8.64. The van der Waals surface area contributed by atoms with Gasteiger partial charge in [-0.1, -0.05) is 44.1 Å². The molecular formula is C14H24O4S. The van der Waals surface area contributed by atoms with Crippen molar-refractivity contribution in [3.63, 3.8) is 0 Å².